The normalized spacial score (nSPS) is 11.9. The van der Waals surface area contributed by atoms with Crippen molar-refractivity contribution in [3.8, 4) is 0 Å². The third kappa shape index (κ3) is 3.83. The van der Waals surface area contributed by atoms with Gasteiger partial charge in [-0.25, -0.2) is 0 Å². The topological polar surface area (TPSA) is 49.3 Å². The van der Waals surface area contributed by atoms with Crippen LogP contribution in [0.2, 0.25) is 5.02 Å². The summed E-state index contributed by atoms with van der Waals surface area (Å²) in [6, 6.07) is 14.4. The number of aliphatic hydroxyl groups is 1. The lowest BCUT2D eigenvalue weighted by molar-refractivity contribution is -0.118. The monoisotopic (exact) mass is 289 g/mol. The van der Waals surface area contributed by atoms with E-state index in [4.69, 9.17) is 11.6 Å². The molecule has 0 radical (unpaired) electrons. The summed E-state index contributed by atoms with van der Waals surface area (Å²) < 4.78 is 0. The fourth-order valence-corrected chi connectivity index (χ4v) is 2.07. The highest BCUT2D eigenvalue weighted by Crippen LogP contribution is 2.22. The average Bonchev–Trinajstić information content (AvgIpc) is 2.43. The molecule has 0 saturated carbocycles. The zero-order valence-electron chi connectivity index (χ0n) is 11.1. The van der Waals surface area contributed by atoms with Crippen molar-refractivity contribution < 1.29 is 9.90 Å². The Morgan fingerprint density at radius 3 is 2.65 bits per heavy atom. The van der Waals surface area contributed by atoms with E-state index in [0.717, 1.165) is 11.1 Å². The fraction of sp³-hybridized carbons (Fsp3) is 0.188. The number of aryl methyl sites for hydroxylation is 1. The Morgan fingerprint density at radius 1 is 1.25 bits per heavy atom. The number of rotatable bonds is 4. The molecule has 2 rings (SSSR count). The van der Waals surface area contributed by atoms with Crippen LogP contribution in [0.5, 0.6) is 0 Å². The van der Waals surface area contributed by atoms with Gasteiger partial charge in [-0.2, -0.15) is 0 Å². The predicted molar refractivity (Wildman–Crippen MR) is 80.8 cm³/mol. The highest BCUT2D eigenvalue weighted by atomic mass is 35.5. The lowest BCUT2D eigenvalue weighted by Crippen LogP contribution is -2.16. The maximum atomic E-state index is 11.9. The van der Waals surface area contributed by atoms with Crippen molar-refractivity contribution in [2.45, 2.75) is 19.4 Å². The first-order chi connectivity index (χ1) is 9.56. The van der Waals surface area contributed by atoms with Gasteiger partial charge in [0.25, 0.3) is 0 Å². The second-order valence-corrected chi connectivity index (χ2v) is 5.07. The van der Waals surface area contributed by atoms with Gasteiger partial charge in [-0.15, -0.1) is 0 Å². The lowest BCUT2D eigenvalue weighted by atomic mass is 10.1. The van der Waals surface area contributed by atoms with Crippen LogP contribution in [0.3, 0.4) is 0 Å². The molecular formula is C16H16ClNO2. The zero-order chi connectivity index (χ0) is 14.5. The highest BCUT2D eigenvalue weighted by molar-refractivity contribution is 6.31. The van der Waals surface area contributed by atoms with E-state index in [2.05, 4.69) is 5.32 Å². The van der Waals surface area contributed by atoms with Gasteiger partial charge in [0.05, 0.1) is 12.5 Å². The van der Waals surface area contributed by atoms with Gasteiger partial charge >= 0.3 is 0 Å². The molecule has 0 saturated heterocycles. The summed E-state index contributed by atoms with van der Waals surface area (Å²) in [5.41, 5.74) is 2.32. The van der Waals surface area contributed by atoms with Crippen molar-refractivity contribution in [2.75, 3.05) is 5.32 Å². The minimum absolute atomic E-state index is 0.00989. The summed E-state index contributed by atoms with van der Waals surface area (Å²) >= 11 is 5.90. The molecule has 0 spiro atoms. The molecule has 1 unspecified atom stereocenters. The summed E-state index contributed by atoms with van der Waals surface area (Å²) in [7, 11) is 0. The number of hydrogen-bond acceptors (Lipinski definition) is 2. The van der Waals surface area contributed by atoms with E-state index in [0.29, 0.717) is 10.7 Å². The van der Waals surface area contributed by atoms with E-state index in [1.54, 1.807) is 24.3 Å². The number of carbonyl (C=O) groups is 1. The summed E-state index contributed by atoms with van der Waals surface area (Å²) in [6.07, 6.45) is -0.800. The first-order valence-corrected chi connectivity index (χ1v) is 6.73. The standard InChI is InChI=1S/C16H16ClNO2/c1-11-7-8-13(17)9-14(11)18-16(20)10-15(19)12-5-3-2-4-6-12/h2-9,15,19H,10H2,1H3,(H,18,20). The molecule has 0 aliphatic rings. The van der Waals surface area contributed by atoms with Gasteiger partial charge < -0.3 is 10.4 Å². The van der Waals surface area contributed by atoms with E-state index < -0.39 is 6.10 Å². The Bertz CT molecular complexity index is 599. The van der Waals surface area contributed by atoms with Crippen molar-refractivity contribution >= 4 is 23.2 Å². The number of amides is 1. The molecule has 0 fully saturated rings. The van der Waals surface area contributed by atoms with Crippen molar-refractivity contribution in [1.29, 1.82) is 0 Å². The van der Waals surface area contributed by atoms with Gasteiger partial charge in [0.15, 0.2) is 0 Å². The minimum atomic E-state index is -0.810. The molecule has 0 bridgehead atoms. The van der Waals surface area contributed by atoms with Crippen LogP contribution >= 0.6 is 11.6 Å². The van der Waals surface area contributed by atoms with Gasteiger partial charge in [0, 0.05) is 10.7 Å². The van der Waals surface area contributed by atoms with Crippen LogP contribution in [-0.4, -0.2) is 11.0 Å². The Morgan fingerprint density at radius 2 is 1.95 bits per heavy atom. The largest absolute Gasteiger partial charge is 0.388 e. The number of carbonyl (C=O) groups excluding carboxylic acids is 1. The van der Waals surface area contributed by atoms with Crippen molar-refractivity contribution in [1.82, 2.24) is 0 Å². The Labute approximate surface area is 123 Å². The van der Waals surface area contributed by atoms with Crippen LogP contribution in [0.25, 0.3) is 0 Å². The van der Waals surface area contributed by atoms with E-state index in [9.17, 15) is 9.90 Å². The number of anilines is 1. The smallest absolute Gasteiger partial charge is 0.227 e. The van der Waals surface area contributed by atoms with Gasteiger partial charge in [-0.05, 0) is 30.2 Å². The van der Waals surface area contributed by atoms with E-state index in [1.165, 1.54) is 0 Å². The number of hydrogen-bond donors (Lipinski definition) is 2. The van der Waals surface area contributed by atoms with Gasteiger partial charge in [0.1, 0.15) is 0 Å². The van der Waals surface area contributed by atoms with E-state index in [1.807, 2.05) is 31.2 Å². The number of halogens is 1. The predicted octanol–water partition coefficient (Wildman–Crippen LogP) is 3.71. The molecule has 20 heavy (non-hydrogen) atoms. The van der Waals surface area contributed by atoms with Crippen molar-refractivity contribution in [3.05, 3.63) is 64.7 Å². The summed E-state index contributed by atoms with van der Waals surface area (Å²) in [4.78, 5) is 11.9. The van der Waals surface area contributed by atoms with Crippen LogP contribution in [0.1, 0.15) is 23.7 Å². The zero-order valence-corrected chi connectivity index (χ0v) is 11.9. The maximum absolute atomic E-state index is 11.9. The quantitative estimate of drug-likeness (QED) is 0.901. The van der Waals surface area contributed by atoms with Crippen LogP contribution < -0.4 is 5.32 Å². The second kappa shape index (κ2) is 6.55. The van der Waals surface area contributed by atoms with E-state index in [-0.39, 0.29) is 12.3 Å². The van der Waals surface area contributed by atoms with Crippen molar-refractivity contribution in [3.63, 3.8) is 0 Å². The minimum Gasteiger partial charge on any atom is -0.388 e. The summed E-state index contributed by atoms with van der Waals surface area (Å²) in [5, 5.41) is 13.3. The number of benzene rings is 2. The molecule has 2 N–H and O–H groups in total. The summed E-state index contributed by atoms with van der Waals surface area (Å²) in [5.74, 6) is -0.244. The third-order valence-corrected chi connectivity index (χ3v) is 3.27. The van der Waals surface area contributed by atoms with Crippen LogP contribution in [-0.2, 0) is 4.79 Å². The molecule has 0 aromatic heterocycles. The van der Waals surface area contributed by atoms with Crippen LogP contribution in [0, 0.1) is 6.92 Å². The van der Waals surface area contributed by atoms with Crippen LogP contribution in [0.15, 0.2) is 48.5 Å². The number of nitrogens with one attached hydrogen (secondary N) is 1. The molecular weight excluding hydrogens is 274 g/mol. The molecule has 0 aliphatic carbocycles. The molecule has 3 nitrogen and oxygen atoms in total. The lowest BCUT2D eigenvalue weighted by Gasteiger charge is -2.12. The second-order valence-electron chi connectivity index (χ2n) is 4.64. The molecule has 1 atom stereocenters. The highest BCUT2D eigenvalue weighted by Gasteiger charge is 2.13. The average molecular weight is 290 g/mol. The molecule has 0 heterocycles. The van der Waals surface area contributed by atoms with Crippen LogP contribution in [0.4, 0.5) is 5.69 Å². The fourth-order valence-electron chi connectivity index (χ4n) is 1.90. The molecule has 1 amide bonds. The third-order valence-electron chi connectivity index (χ3n) is 3.04. The summed E-state index contributed by atoms with van der Waals surface area (Å²) in [6.45, 7) is 1.89. The van der Waals surface area contributed by atoms with Crippen molar-refractivity contribution in [2.24, 2.45) is 0 Å². The Balaban J connectivity index is 2.01. The first kappa shape index (κ1) is 14.6. The molecule has 2 aromatic rings. The molecule has 4 heteroatoms. The first-order valence-electron chi connectivity index (χ1n) is 6.35. The number of aliphatic hydroxyl groups excluding tert-OH is 1. The van der Waals surface area contributed by atoms with Gasteiger partial charge in [-0.3, -0.25) is 4.79 Å². The SMILES string of the molecule is Cc1ccc(Cl)cc1NC(=O)CC(O)c1ccccc1. The van der Waals surface area contributed by atoms with Gasteiger partial charge in [0.2, 0.25) is 5.91 Å². The Hall–Kier alpha value is -1.84. The van der Waals surface area contributed by atoms with Gasteiger partial charge in [-0.1, -0.05) is 48.0 Å². The molecule has 2 aromatic carbocycles. The Kier molecular flexibility index (Phi) is 4.77. The molecule has 0 aliphatic heterocycles. The maximum Gasteiger partial charge on any atom is 0.227 e. The molecule has 104 valence electrons. The van der Waals surface area contributed by atoms with E-state index >= 15 is 0 Å².